The van der Waals surface area contributed by atoms with E-state index in [1.54, 1.807) is 0 Å². The molecule has 1 aromatic carbocycles. The van der Waals surface area contributed by atoms with E-state index < -0.39 is 41.1 Å². The quantitative estimate of drug-likeness (QED) is 0.856. The van der Waals surface area contributed by atoms with Crippen molar-refractivity contribution in [2.75, 3.05) is 0 Å². The third-order valence-corrected chi connectivity index (χ3v) is 3.07. The second kappa shape index (κ2) is 6.05. The predicted molar refractivity (Wildman–Crippen MR) is 72.9 cm³/mol. The summed E-state index contributed by atoms with van der Waals surface area (Å²) in [7, 11) is 0. The summed E-state index contributed by atoms with van der Waals surface area (Å²) < 4.78 is 39.0. The Morgan fingerprint density at radius 1 is 1.29 bits per heavy atom. The van der Waals surface area contributed by atoms with Gasteiger partial charge in [-0.3, -0.25) is 9.59 Å². The molecule has 21 heavy (non-hydrogen) atoms. The standard InChI is InChI=1S/C13H13BrF3NO3/c1-12(2,6-10(19)20)18-11(21)8-4-3-7(14)5-9(8)13(15,16)17/h3-5H,6H2,1-2H3,(H,18,21)(H,19,20). The van der Waals surface area contributed by atoms with Crippen molar-refractivity contribution < 1.29 is 27.9 Å². The number of nitrogens with one attached hydrogen (secondary N) is 1. The number of carboxylic acids is 1. The van der Waals surface area contributed by atoms with Crippen molar-refractivity contribution in [3.8, 4) is 0 Å². The second-order valence-corrected chi connectivity index (χ2v) is 6.01. The highest BCUT2D eigenvalue weighted by atomic mass is 79.9. The molecule has 2 N–H and O–H groups in total. The van der Waals surface area contributed by atoms with Gasteiger partial charge in [0.1, 0.15) is 0 Å². The monoisotopic (exact) mass is 367 g/mol. The van der Waals surface area contributed by atoms with E-state index >= 15 is 0 Å². The molecule has 0 aromatic heterocycles. The molecule has 8 heteroatoms. The van der Waals surface area contributed by atoms with E-state index in [1.165, 1.54) is 19.9 Å². The van der Waals surface area contributed by atoms with E-state index in [9.17, 15) is 22.8 Å². The molecule has 0 aliphatic carbocycles. The summed E-state index contributed by atoms with van der Waals surface area (Å²) >= 11 is 2.92. The molecule has 1 amide bonds. The van der Waals surface area contributed by atoms with E-state index in [1.807, 2.05) is 0 Å². The van der Waals surface area contributed by atoms with Gasteiger partial charge in [-0.15, -0.1) is 0 Å². The van der Waals surface area contributed by atoms with Gasteiger partial charge in [-0.05, 0) is 32.0 Å². The molecule has 4 nitrogen and oxygen atoms in total. The van der Waals surface area contributed by atoms with Gasteiger partial charge in [0.25, 0.3) is 5.91 Å². The first-order valence-electron chi connectivity index (χ1n) is 5.83. The number of aliphatic carboxylic acids is 1. The van der Waals surface area contributed by atoms with Crippen LogP contribution in [0.4, 0.5) is 13.2 Å². The molecule has 0 saturated carbocycles. The van der Waals surface area contributed by atoms with E-state index in [2.05, 4.69) is 21.2 Å². The molecule has 0 spiro atoms. The van der Waals surface area contributed by atoms with Crippen molar-refractivity contribution in [2.45, 2.75) is 32.0 Å². The summed E-state index contributed by atoms with van der Waals surface area (Å²) in [5, 5.41) is 11.0. The Morgan fingerprint density at radius 2 is 1.86 bits per heavy atom. The largest absolute Gasteiger partial charge is 0.481 e. The van der Waals surface area contributed by atoms with Crippen LogP contribution in [0.3, 0.4) is 0 Å². The number of benzene rings is 1. The highest BCUT2D eigenvalue weighted by Crippen LogP contribution is 2.34. The van der Waals surface area contributed by atoms with Crippen LogP contribution in [0.1, 0.15) is 36.2 Å². The van der Waals surface area contributed by atoms with E-state index in [0.29, 0.717) is 0 Å². The fourth-order valence-electron chi connectivity index (χ4n) is 1.75. The van der Waals surface area contributed by atoms with E-state index in [0.717, 1.165) is 12.1 Å². The predicted octanol–water partition coefficient (Wildman–Crippen LogP) is 3.45. The lowest BCUT2D eigenvalue weighted by Crippen LogP contribution is -2.45. The third kappa shape index (κ3) is 5.04. The molecule has 1 aromatic rings. The maximum absolute atomic E-state index is 12.9. The minimum absolute atomic E-state index is 0.191. The van der Waals surface area contributed by atoms with Crippen LogP contribution < -0.4 is 5.32 Å². The molecular weight excluding hydrogens is 355 g/mol. The SMILES string of the molecule is CC(C)(CC(=O)O)NC(=O)c1ccc(Br)cc1C(F)(F)F. The molecule has 0 bridgehead atoms. The Labute approximate surface area is 127 Å². The van der Waals surface area contributed by atoms with Crippen molar-refractivity contribution in [1.29, 1.82) is 0 Å². The number of halogens is 4. The van der Waals surface area contributed by atoms with Crippen molar-refractivity contribution in [1.82, 2.24) is 5.32 Å². The number of hydrogen-bond donors (Lipinski definition) is 2. The molecule has 0 heterocycles. The number of amides is 1. The van der Waals surface area contributed by atoms with Gasteiger partial charge in [0, 0.05) is 10.0 Å². The summed E-state index contributed by atoms with van der Waals surface area (Å²) in [6.07, 6.45) is -5.09. The maximum Gasteiger partial charge on any atom is 0.417 e. The van der Waals surface area contributed by atoms with Gasteiger partial charge in [0.2, 0.25) is 0 Å². The molecule has 116 valence electrons. The highest BCUT2D eigenvalue weighted by molar-refractivity contribution is 9.10. The summed E-state index contributed by atoms with van der Waals surface area (Å²) in [6, 6.07) is 3.16. The average molecular weight is 368 g/mol. The molecule has 0 unspecified atom stereocenters. The topological polar surface area (TPSA) is 66.4 Å². The van der Waals surface area contributed by atoms with Crippen molar-refractivity contribution >= 4 is 27.8 Å². The molecule has 0 saturated heterocycles. The number of carbonyl (C=O) groups is 2. The van der Waals surface area contributed by atoms with Crippen LogP contribution >= 0.6 is 15.9 Å². The number of carbonyl (C=O) groups excluding carboxylic acids is 1. The molecule has 0 aliphatic rings. The van der Waals surface area contributed by atoms with Crippen LogP contribution in [0.15, 0.2) is 22.7 Å². The lowest BCUT2D eigenvalue weighted by Gasteiger charge is -2.25. The van der Waals surface area contributed by atoms with Gasteiger partial charge in [-0.1, -0.05) is 15.9 Å². The minimum Gasteiger partial charge on any atom is -0.481 e. The first-order chi connectivity index (χ1) is 9.42. The van der Waals surface area contributed by atoms with Gasteiger partial charge in [-0.25, -0.2) is 0 Å². The van der Waals surface area contributed by atoms with Crippen molar-refractivity contribution in [3.63, 3.8) is 0 Å². The Hall–Kier alpha value is -1.57. The molecule has 0 radical (unpaired) electrons. The van der Waals surface area contributed by atoms with E-state index in [4.69, 9.17) is 5.11 Å². The first-order valence-corrected chi connectivity index (χ1v) is 6.63. The summed E-state index contributed by atoms with van der Waals surface area (Å²) in [6.45, 7) is 2.84. The van der Waals surface area contributed by atoms with Gasteiger partial charge in [-0.2, -0.15) is 13.2 Å². The number of alkyl halides is 3. The van der Waals surface area contributed by atoms with Crippen LogP contribution in [0.25, 0.3) is 0 Å². The van der Waals surface area contributed by atoms with Crippen LogP contribution in [0.5, 0.6) is 0 Å². The maximum atomic E-state index is 12.9. The van der Waals surface area contributed by atoms with Gasteiger partial charge >= 0.3 is 12.1 Å². The normalized spacial score (nSPS) is 12.1. The first kappa shape index (κ1) is 17.5. The molecule has 1 rings (SSSR count). The third-order valence-electron chi connectivity index (χ3n) is 2.58. The second-order valence-electron chi connectivity index (χ2n) is 5.10. The van der Waals surface area contributed by atoms with Crippen LogP contribution in [0.2, 0.25) is 0 Å². The Balaban J connectivity index is 3.11. The lowest BCUT2D eigenvalue weighted by molar-refractivity contribution is -0.139. The minimum atomic E-state index is -4.69. The molecule has 0 fully saturated rings. The highest BCUT2D eigenvalue weighted by Gasteiger charge is 2.36. The summed E-state index contributed by atoms with van der Waals surface area (Å²) in [5.41, 5.74) is -2.80. The number of hydrogen-bond acceptors (Lipinski definition) is 2. The lowest BCUT2D eigenvalue weighted by atomic mass is 9.99. The van der Waals surface area contributed by atoms with E-state index in [-0.39, 0.29) is 4.47 Å². The van der Waals surface area contributed by atoms with Gasteiger partial charge < -0.3 is 10.4 Å². The fraction of sp³-hybridized carbons (Fsp3) is 0.385. The van der Waals surface area contributed by atoms with Crippen LogP contribution in [0, 0.1) is 0 Å². The smallest absolute Gasteiger partial charge is 0.417 e. The number of rotatable bonds is 4. The zero-order valence-electron chi connectivity index (χ0n) is 11.2. The van der Waals surface area contributed by atoms with Crippen LogP contribution in [-0.2, 0) is 11.0 Å². The molecule has 0 atom stereocenters. The van der Waals surface area contributed by atoms with Crippen molar-refractivity contribution in [3.05, 3.63) is 33.8 Å². The Morgan fingerprint density at radius 3 is 2.33 bits per heavy atom. The zero-order chi connectivity index (χ0) is 16.4. The summed E-state index contributed by atoms with van der Waals surface area (Å²) in [4.78, 5) is 22.7. The zero-order valence-corrected chi connectivity index (χ0v) is 12.8. The molecular formula is C13H13BrF3NO3. The van der Waals surface area contributed by atoms with Crippen molar-refractivity contribution in [2.24, 2.45) is 0 Å². The Bertz CT molecular complexity index is 570. The average Bonchev–Trinajstić information content (AvgIpc) is 2.24. The van der Waals surface area contributed by atoms with Gasteiger partial charge in [0.15, 0.2) is 0 Å². The van der Waals surface area contributed by atoms with Crippen LogP contribution in [-0.4, -0.2) is 22.5 Å². The van der Waals surface area contributed by atoms with Gasteiger partial charge in [0.05, 0.1) is 17.5 Å². The Kier molecular flexibility index (Phi) is 5.03. The number of carboxylic acid groups (broad SMARTS) is 1. The fourth-order valence-corrected chi connectivity index (χ4v) is 2.11. The molecule has 0 aliphatic heterocycles. The summed E-state index contributed by atoms with van der Waals surface area (Å²) in [5.74, 6) is -2.13.